The van der Waals surface area contributed by atoms with Crippen LogP contribution >= 0.6 is 0 Å². The van der Waals surface area contributed by atoms with Gasteiger partial charge in [-0.2, -0.15) is 13.2 Å². The SMILES string of the molecule is COC[C@]12COC[C@H]1CN(C(=O)c1ccc3ncccc3c1)C2.O=C(O)C(F)(F)F. The normalized spacial score (nSPS) is 23.1. The summed E-state index contributed by atoms with van der Waals surface area (Å²) in [5, 5.41) is 8.12. The number of alkyl halides is 3. The first-order chi connectivity index (χ1) is 14.2. The van der Waals surface area contributed by atoms with Crippen LogP contribution in [-0.4, -0.2) is 73.1 Å². The number of benzene rings is 1. The monoisotopic (exact) mass is 426 g/mol. The van der Waals surface area contributed by atoms with E-state index in [2.05, 4.69) is 4.98 Å². The summed E-state index contributed by atoms with van der Waals surface area (Å²) in [4.78, 5) is 28.0. The zero-order chi connectivity index (χ0) is 21.9. The van der Waals surface area contributed by atoms with E-state index in [0.29, 0.717) is 25.7 Å². The lowest BCUT2D eigenvalue weighted by molar-refractivity contribution is -0.192. The van der Waals surface area contributed by atoms with Crippen molar-refractivity contribution in [1.82, 2.24) is 9.88 Å². The lowest BCUT2D eigenvalue weighted by Gasteiger charge is -2.26. The minimum absolute atomic E-state index is 0.0389. The molecular weight excluding hydrogens is 405 g/mol. The second-order valence-electron chi connectivity index (χ2n) is 7.41. The van der Waals surface area contributed by atoms with Gasteiger partial charge in [0.15, 0.2) is 0 Å². The van der Waals surface area contributed by atoms with Gasteiger partial charge in [0.1, 0.15) is 0 Å². The second-order valence-corrected chi connectivity index (χ2v) is 7.41. The summed E-state index contributed by atoms with van der Waals surface area (Å²) in [6, 6.07) is 9.58. The maximum Gasteiger partial charge on any atom is 0.490 e. The number of hydrogen-bond acceptors (Lipinski definition) is 5. The van der Waals surface area contributed by atoms with Crippen molar-refractivity contribution in [2.24, 2.45) is 11.3 Å². The lowest BCUT2D eigenvalue weighted by atomic mass is 9.82. The number of carboxylic acid groups (broad SMARTS) is 1. The number of carbonyl (C=O) groups excluding carboxylic acids is 1. The first-order valence-corrected chi connectivity index (χ1v) is 9.17. The highest BCUT2D eigenvalue weighted by molar-refractivity contribution is 5.98. The first kappa shape index (κ1) is 22.0. The standard InChI is InChI=1S/C18H20N2O3.C2HF3O2/c1-22-11-18-10-20(8-15(18)9-23-12-18)17(21)14-4-5-16-13(7-14)3-2-6-19-16;3-2(4,5)1(6)7/h2-7,15H,8-12H2,1H3;(H,6,7)/t15-,18-;/m1./s1. The molecule has 2 atom stereocenters. The summed E-state index contributed by atoms with van der Waals surface area (Å²) >= 11 is 0. The largest absolute Gasteiger partial charge is 0.490 e. The Bertz CT molecular complexity index is 936. The Hall–Kier alpha value is -2.72. The molecule has 1 amide bonds. The maximum atomic E-state index is 12.9. The van der Waals surface area contributed by atoms with E-state index in [1.54, 1.807) is 13.3 Å². The Kier molecular flexibility index (Phi) is 6.27. The molecule has 1 N–H and O–H groups in total. The molecule has 2 fully saturated rings. The van der Waals surface area contributed by atoms with E-state index in [0.717, 1.165) is 29.6 Å². The number of pyridine rings is 1. The van der Waals surface area contributed by atoms with E-state index >= 15 is 0 Å². The molecule has 1 aromatic carbocycles. The number of amides is 1. The summed E-state index contributed by atoms with van der Waals surface area (Å²) in [5.74, 6) is -2.30. The maximum absolute atomic E-state index is 12.9. The Morgan fingerprint density at radius 2 is 2.10 bits per heavy atom. The highest BCUT2D eigenvalue weighted by Gasteiger charge is 2.51. The van der Waals surface area contributed by atoms with Crippen LogP contribution in [0.2, 0.25) is 0 Å². The van der Waals surface area contributed by atoms with E-state index in [-0.39, 0.29) is 11.3 Å². The minimum Gasteiger partial charge on any atom is -0.475 e. The van der Waals surface area contributed by atoms with Gasteiger partial charge < -0.3 is 19.5 Å². The number of aliphatic carboxylic acids is 1. The van der Waals surface area contributed by atoms with Crippen LogP contribution in [0.25, 0.3) is 10.9 Å². The van der Waals surface area contributed by atoms with Crippen molar-refractivity contribution in [2.75, 3.05) is 40.0 Å². The third-order valence-electron chi connectivity index (χ3n) is 5.33. The average molecular weight is 426 g/mol. The number of hydrogen-bond donors (Lipinski definition) is 1. The molecule has 2 aliphatic rings. The quantitative estimate of drug-likeness (QED) is 0.812. The van der Waals surface area contributed by atoms with Crippen molar-refractivity contribution in [3.63, 3.8) is 0 Å². The molecule has 0 radical (unpaired) electrons. The van der Waals surface area contributed by atoms with Crippen molar-refractivity contribution < 1.29 is 37.3 Å². The van der Waals surface area contributed by atoms with Gasteiger partial charge >= 0.3 is 12.1 Å². The Morgan fingerprint density at radius 3 is 2.77 bits per heavy atom. The molecule has 30 heavy (non-hydrogen) atoms. The summed E-state index contributed by atoms with van der Waals surface area (Å²) in [6.07, 6.45) is -3.32. The van der Waals surface area contributed by atoms with Crippen LogP contribution in [-0.2, 0) is 14.3 Å². The third-order valence-corrected chi connectivity index (χ3v) is 5.33. The molecule has 0 spiro atoms. The van der Waals surface area contributed by atoms with E-state index < -0.39 is 12.1 Å². The number of likely N-dealkylation sites (tertiary alicyclic amines) is 1. The first-order valence-electron chi connectivity index (χ1n) is 9.17. The van der Waals surface area contributed by atoms with Crippen molar-refractivity contribution in [3.05, 3.63) is 42.1 Å². The molecule has 3 heterocycles. The lowest BCUT2D eigenvalue weighted by Crippen LogP contribution is -2.37. The number of methoxy groups -OCH3 is 1. The number of fused-ring (bicyclic) bond motifs is 2. The van der Waals surface area contributed by atoms with Crippen LogP contribution < -0.4 is 0 Å². The van der Waals surface area contributed by atoms with E-state index in [1.807, 2.05) is 35.2 Å². The molecule has 1 aromatic heterocycles. The van der Waals surface area contributed by atoms with Gasteiger partial charge in [-0.05, 0) is 24.3 Å². The molecule has 10 heteroatoms. The molecule has 7 nitrogen and oxygen atoms in total. The number of nitrogens with zero attached hydrogens (tertiary/aromatic N) is 2. The van der Waals surface area contributed by atoms with E-state index in [9.17, 15) is 18.0 Å². The average Bonchev–Trinajstić information content (AvgIpc) is 3.24. The van der Waals surface area contributed by atoms with Gasteiger partial charge in [0.05, 0.1) is 25.3 Å². The van der Waals surface area contributed by atoms with Crippen LogP contribution in [0.15, 0.2) is 36.5 Å². The van der Waals surface area contributed by atoms with Crippen LogP contribution in [0.3, 0.4) is 0 Å². The molecule has 0 saturated carbocycles. The van der Waals surface area contributed by atoms with Crippen molar-refractivity contribution in [2.45, 2.75) is 6.18 Å². The molecule has 2 saturated heterocycles. The summed E-state index contributed by atoms with van der Waals surface area (Å²) < 4.78 is 42.8. The number of rotatable bonds is 3. The zero-order valence-electron chi connectivity index (χ0n) is 16.2. The fourth-order valence-electron chi connectivity index (χ4n) is 3.87. The molecule has 0 bridgehead atoms. The highest BCUT2D eigenvalue weighted by Crippen LogP contribution is 2.41. The molecule has 2 aliphatic heterocycles. The van der Waals surface area contributed by atoms with Gasteiger partial charge in [0.2, 0.25) is 0 Å². The molecule has 2 aromatic rings. The minimum atomic E-state index is -5.08. The zero-order valence-corrected chi connectivity index (χ0v) is 16.2. The van der Waals surface area contributed by atoms with Crippen molar-refractivity contribution >= 4 is 22.8 Å². The van der Waals surface area contributed by atoms with Crippen LogP contribution in [0.5, 0.6) is 0 Å². The molecule has 0 aliphatic carbocycles. The predicted molar refractivity (Wildman–Crippen MR) is 100.0 cm³/mol. The van der Waals surface area contributed by atoms with Gasteiger partial charge in [-0.3, -0.25) is 9.78 Å². The van der Waals surface area contributed by atoms with Crippen molar-refractivity contribution in [3.8, 4) is 0 Å². The van der Waals surface area contributed by atoms with E-state index in [1.165, 1.54) is 0 Å². The smallest absolute Gasteiger partial charge is 0.475 e. The topological polar surface area (TPSA) is 89.0 Å². The van der Waals surface area contributed by atoms with Crippen molar-refractivity contribution in [1.29, 1.82) is 0 Å². The van der Waals surface area contributed by atoms with Gasteiger partial charge in [0.25, 0.3) is 5.91 Å². The second kappa shape index (κ2) is 8.57. The number of carboxylic acids is 1. The summed E-state index contributed by atoms with van der Waals surface area (Å²) in [6.45, 7) is 3.48. The van der Waals surface area contributed by atoms with E-state index in [4.69, 9.17) is 19.4 Å². The fourth-order valence-corrected chi connectivity index (χ4v) is 3.87. The number of halogens is 3. The molecule has 0 unspecified atom stereocenters. The molecule has 162 valence electrons. The number of ether oxygens (including phenoxy) is 2. The summed E-state index contributed by atoms with van der Waals surface area (Å²) in [7, 11) is 1.71. The number of aromatic nitrogens is 1. The molecule has 4 rings (SSSR count). The van der Waals surface area contributed by atoms with Gasteiger partial charge in [-0.25, -0.2) is 4.79 Å². The van der Waals surface area contributed by atoms with Gasteiger partial charge in [-0.15, -0.1) is 0 Å². The Labute approximate surface area is 170 Å². The highest BCUT2D eigenvalue weighted by atomic mass is 19.4. The van der Waals surface area contributed by atoms with Gasteiger partial charge in [-0.1, -0.05) is 6.07 Å². The third kappa shape index (κ3) is 4.54. The van der Waals surface area contributed by atoms with Crippen LogP contribution in [0, 0.1) is 11.3 Å². The van der Waals surface area contributed by atoms with Crippen LogP contribution in [0.4, 0.5) is 13.2 Å². The fraction of sp³-hybridized carbons (Fsp3) is 0.450. The Morgan fingerprint density at radius 1 is 1.37 bits per heavy atom. The van der Waals surface area contributed by atoms with Gasteiger partial charge in [0, 0.05) is 48.7 Å². The molecular formula is C20H21F3N2O5. The van der Waals surface area contributed by atoms with Crippen LogP contribution in [0.1, 0.15) is 10.4 Å². The summed E-state index contributed by atoms with van der Waals surface area (Å²) in [5.41, 5.74) is 1.59. The number of carbonyl (C=O) groups is 2. The predicted octanol–water partition coefficient (Wildman–Crippen LogP) is 2.60. The Balaban J connectivity index is 0.000000318.